The second kappa shape index (κ2) is 11.1. The summed E-state index contributed by atoms with van der Waals surface area (Å²) in [6, 6.07) is 9.07. The van der Waals surface area contributed by atoms with Crippen LogP contribution in [0.2, 0.25) is 0 Å². The molecular weight excluding hydrogens is 462 g/mol. The molecule has 1 saturated heterocycles. The summed E-state index contributed by atoms with van der Waals surface area (Å²) in [6.07, 6.45) is 1.72. The maximum absolute atomic E-state index is 13.1. The highest BCUT2D eigenvalue weighted by molar-refractivity contribution is 7.89. The summed E-state index contributed by atoms with van der Waals surface area (Å²) < 4.78 is 32.6. The van der Waals surface area contributed by atoms with E-state index in [1.807, 2.05) is 19.2 Å². The quantitative estimate of drug-likeness (QED) is 0.559. The van der Waals surface area contributed by atoms with Crippen molar-refractivity contribution in [2.45, 2.75) is 50.1 Å². The summed E-state index contributed by atoms with van der Waals surface area (Å²) in [6.45, 7) is 4.45. The molecule has 1 fully saturated rings. The van der Waals surface area contributed by atoms with Crippen molar-refractivity contribution in [3.05, 3.63) is 46.7 Å². The molecule has 1 aromatic heterocycles. The van der Waals surface area contributed by atoms with Gasteiger partial charge in [-0.3, -0.25) is 9.59 Å². The molecule has 10 heteroatoms. The number of sulfonamides is 1. The van der Waals surface area contributed by atoms with Gasteiger partial charge in [0.05, 0.1) is 16.9 Å². The zero-order valence-corrected chi connectivity index (χ0v) is 20.7. The highest BCUT2D eigenvalue weighted by Crippen LogP contribution is 2.27. The van der Waals surface area contributed by atoms with Crippen LogP contribution in [0.4, 0.5) is 0 Å². The van der Waals surface area contributed by atoms with Crippen LogP contribution < -0.4 is 15.4 Å². The van der Waals surface area contributed by atoms with Crippen molar-refractivity contribution in [2.24, 2.45) is 5.92 Å². The first-order valence-corrected chi connectivity index (χ1v) is 13.4. The Morgan fingerprint density at radius 2 is 1.82 bits per heavy atom. The molecule has 2 heterocycles. The van der Waals surface area contributed by atoms with Crippen molar-refractivity contribution in [1.82, 2.24) is 14.9 Å². The normalized spacial score (nSPS) is 17.2. The standard InChI is InChI=1S/C23H31N3O5S2/c1-4-16(2)24-23(28)21(25-22(27)20-6-5-15-32-20)17-11-13-26(14-12-17)33(29,30)19-9-7-18(31-3)8-10-19/h5-10,15-17,21H,4,11-14H2,1-3H3,(H,24,28)(H,25,27)/t16-,21-/m0/s1. The largest absolute Gasteiger partial charge is 0.497 e. The summed E-state index contributed by atoms with van der Waals surface area (Å²) in [5.41, 5.74) is 0. The number of rotatable bonds is 9. The third-order valence-corrected chi connectivity index (χ3v) is 8.76. The van der Waals surface area contributed by atoms with Gasteiger partial charge in [-0.25, -0.2) is 8.42 Å². The highest BCUT2D eigenvalue weighted by atomic mass is 32.2. The monoisotopic (exact) mass is 493 g/mol. The van der Waals surface area contributed by atoms with E-state index < -0.39 is 16.1 Å². The van der Waals surface area contributed by atoms with Gasteiger partial charge in [-0.15, -0.1) is 11.3 Å². The van der Waals surface area contributed by atoms with Gasteiger partial charge in [0.1, 0.15) is 11.8 Å². The molecule has 2 amide bonds. The van der Waals surface area contributed by atoms with Crippen LogP contribution in [-0.2, 0) is 14.8 Å². The Labute approximate surface area is 199 Å². The molecule has 2 N–H and O–H groups in total. The SMILES string of the molecule is CC[C@H](C)NC(=O)[C@@H](NC(=O)c1cccs1)C1CCN(S(=O)(=O)c2ccc(OC)cc2)CC1. The Bertz CT molecular complexity index is 1030. The molecule has 33 heavy (non-hydrogen) atoms. The maximum atomic E-state index is 13.1. The number of nitrogens with zero attached hydrogens (tertiary/aromatic N) is 1. The molecule has 3 rings (SSSR count). The van der Waals surface area contributed by atoms with Crippen molar-refractivity contribution in [2.75, 3.05) is 20.2 Å². The molecule has 0 saturated carbocycles. The van der Waals surface area contributed by atoms with Gasteiger partial charge in [0.25, 0.3) is 5.91 Å². The van der Waals surface area contributed by atoms with E-state index in [0.717, 1.165) is 6.42 Å². The van der Waals surface area contributed by atoms with Crippen molar-refractivity contribution in [3.8, 4) is 5.75 Å². The van der Waals surface area contributed by atoms with Gasteiger partial charge in [-0.1, -0.05) is 13.0 Å². The number of carbonyl (C=O) groups excluding carboxylic acids is 2. The van der Waals surface area contributed by atoms with Crippen LogP contribution in [0.1, 0.15) is 42.8 Å². The first-order chi connectivity index (χ1) is 15.8. The van der Waals surface area contributed by atoms with Crippen molar-refractivity contribution in [1.29, 1.82) is 0 Å². The zero-order chi connectivity index (χ0) is 24.0. The Morgan fingerprint density at radius 3 is 2.36 bits per heavy atom. The number of ether oxygens (including phenoxy) is 1. The van der Waals surface area contributed by atoms with E-state index in [2.05, 4.69) is 10.6 Å². The second-order valence-corrected chi connectivity index (χ2v) is 11.0. The fraction of sp³-hybridized carbons (Fsp3) is 0.478. The number of hydrogen-bond acceptors (Lipinski definition) is 6. The van der Waals surface area contributed by atoms with Crippen LogP contribution >= 0.6 is 11.3 Å². The third-order valence-electron chi connectivity index (χ3n) is 5.98. The maximum Gasteiger partial charge on any atom is 0.262 e. The first-order valence-electron chi connectivity index (χ1n) is 11.0. The number of methoxy groups -OCH3 is 1. The summed E-state index contributed by atoms with van der Waals surface area (Å²) in [4.78, 5) is 26.4. The fourth-order valence-electron chi connectivity index (χ4n) is 3.80. The number of nitrogens with one attached hydrogen (secondary N) is 2. The van der Waals surface area contributed by atoms with E-state index in [9.17, 15) is 18.0 Å². The lowest BCUT2D eigenvalue weighted by atomic mass is 9.89. The highest BCUT2D eigenvalue weighted by Gasteiger charge is 2.36. The Morgan fingerprint density at radius 1 is 1.15 bits per heavy atom. The minimum absolute atomic E-state index is 0.0193. The Hall–Kier alpha value is -2.43. The number of amides is 2. The summed E-state index contributed by atoms with van der Waals surface area (Å²) >= 11 is 1.31. The average molecular weight is 494 g/mol. The Kier molecular flexibility index (Phi) is 8.50. The fourth-order valence-corrected chi connectivity index (χ4v) is 5.90. The minimum Gasteiger partial charge on any atom is -0.497 e. The predicted octanol–water partition coefficient (Wildman–Crippen LogP) is 2.87. The van der Waals surface area contributed by atoms with Crippen LogP contribution in [-0.4, -0.2) is 56.8 Å². The summed E-state index contributed by atoms with van der Waals surface area (Å²) in [7, 11) is -2.12. The zero-order valence-electron chi connectivity index (χ0n) is 19.1. The van der Waals surface area contributed by atoms with Crippen LogP contribution in [0.3, 0.4) is 0 Å². The van der Waals surface area contributed by atoms with Crippen LogP contribution in [0.5, 0.6) is 5.75 Å². The third kappa shape index (κ3) is 6.13. The predicted molar refractivity (Wildman–Crippen MR) is 128 cm³/mol. The molecule has 0 radical (unpaired) electrons. The van der Waals surface area contributed by atoms with Gasteiger partial charge in [0.15, 0.2) is 0 Å². The summed E-state index contributed by atoms with van der Waals surface area (Å²) in [5, 5.41) is 7.67. The van der Waals surface area contributed by atoms with Crippen LogP contribution in [0.15, 0.2) is 46.7 Å². The molecule has 1 aliphatic heterocycles. The molecule has 0 aliphatic carbocycles. The molecule has 2 aromatic rings. The van der Waals surface area contributed by atoms with Gasteiger partial charge in [-0.05, 0) is 67.8 Å². The van der Waals surface area contributed by atoms with E-state index in [0.29, 0.717) is 23.5 Å². The molecule has 0 bridgehead atoms. The molecule has 1 aromatic carbocycles. The molecule has 180 valence electrons. The number of benzene rings is 1. The second-order valence-electron chi connectivity index (χ2n) is 8.16. The van der Waals surface area contributed by atoms with Gasteiger partial charge in [0.2, 0.25) is 15.9 Å². The van der Waals surface area contributed by atoms with Crippen LogP contribution in [0, 0.1) is 5.92 Å². The van der Waals surface area contributed by atoms with E-state index in [1.165, 1.54) is 34.9 Å². The molecule has 0 spiro atoms. The Balaban J connectivity index is 1.71. The average Bonchev–Trinajstić information content (AvgIpc) is 3.37. The smallest absolute Gasteiger partial charge is 0.262 e. The lowest BCUT2D eigenvalue weighted by Gasteiger charge is -2.35. The van der Waals surface area contributed by atoms with E-state index in [-0.39, 0.29) is 41.8 Å². The van der Waals surface area contributed by atoms with Crippen molar-refractivity contribution < 1.29 is 22.7 Å². The summed E-state index contributed by atoms with van der Waals surface area (Å²) in [5.74, 6) is -0.0992. The number of piperidine rings is 1. The number of thiophene rings is 1. The molecule has 1 aliphatic rings. The van der Waals surface area contributed by atoms with E-state index >= 15 is 0 Å². The van der Waals surface area contributed by atoms with Crippen molar-refractivity contribution in [3.63, 3.8) is 0 Å². The lowest BCUT2D eigenvalue weighted by molar-refractivity contribution is -0.125. The number of carbonyl (C=O) groups is 2. The first kappa shape index (κ1) is 25.2. The van der Waals surface area contributed by atoms with Crippen molar-refractivity contribution >= 4 is 33.2 Å². The lowest BCUT2D eigenvalue weighted by Crippen LogP contribution is -2.55. The molecule has 0 unspecified atom stereocenters. The van der Waals surface area contributed by atoms with Gasteiger partial charge in [-0.2, -0.15) is 4.31 Å². The minimum atomic E-state index is -3.65. The molecule has 8 nitrogen and oxygen atoms in total. The van der Waals surface area contributed by atoms with E-state index in [4.69, 9.17) is 4.74 Å². The van der Waals surface area contributed by atoms with Gasteiger partial charge in [0, 0.05) is 19.1 Å². The van der Waals surface area contributed by atoms with E-state index in [1.54, 1.807) is 24.3 Å². The number of hydrogen-bond donors (Lipinski definition) is 2. The van der Waals surface area contributed by atoms with Crippen LogP contribution in [0.25, 0.3) is 0 Å². The molecular formula is C23H31N3O5S2. The topological polar surface area (TPSA) is 105 Å². The molecule has 2 atom stereocenters. The van der Waals surface area contributed by atoms with Gasteiger partial charge >= 0.3 is 0 Å². The van der Waals surface area contributed by atoms with Gasteiger partial charge < -0.3 is 15.4 Å².